The van der Waals surface area contributed by atoms with Crippen molar-refractivity contribution in [3.05, 3.63) is 29.6 Å². The number of hydrogen-bond acceptors (Lipinski definition) is 5. The number of nitrogens with one attached hydrogen (secondary N) is 1. The third-order valence-corrected chi connectivity index (χ3v) is 5.93. The summed E-state index contributed by atoms with van der Waals surface area (Å²) in [4.78, 5) is 27.6. The number of halogens is 3. The minimum Gasteiger partial charge on any atom is -0.329 e. The van der Waals surface area contributed by atoms with E-state index in [0.717, 1.165) is 11.0 Å². The Bertz CT molecular complexity index is 846. The fraction of sp³-hybridized carbons (Fsp3) is 0.500. The van der Waals surface area contributed by atoms with Crippen molar-refractivity contribution in [2.24, 2.45) is 0 Å². The first kappa shape index (κ1) is 21.2. The third kappa shape index (κ3) is 5.19. The molecule has 0 saturated carbocycles. The first-order valence-electron chi connectivity index (χ1n) is 8.12. The Balaban J connectivity index is 2.18. The molecule has 1 fully saturated rings. The van der Waals surface area contributed by atoms with Crippen LogP contribution in [0.4, 0.5) is 18.9 Å². The molecule has 1 N–H and O–H groups in total. The van der Waals surface area contributed by atoms with Gasteiger partial charge in [-0.05, 0) is 32.6 Å². The van der Waals surface area contributed by atoms with Crippen LogP contribution in [0.1, 0.15) is 6.42 Å². The second-order valence-electron chi connectivity index (χ2n) is 6.54. The quantitative estimate of drug-likeness (QED) is 0.571. The van der Waals surface area contributed by atoms with Crippen molar-refractivity contribution in [2.75, 3.05) is 44.0 Å². The second kappa shape index (κ2) is 8.26. The van der Waals surface area contributed by atoms with Crippen LogP contribution in [0.15, 0.2) is 12.1 Å². The van der Waals surface area contributed by atoms with Crippen molar-refractivity contribution in [1.82, 2.24) is 9.80 Å². The number of likely N-dealkylation sites (N-methyl/N-ethyl adjacent to an activating group) is 1. The van der Waals surface area contributed by atoms with E-state index < -0.39 is 50.8 Å². The summed E-state index contributed by atoms with van der Waals surface area (Å²) in [6, 6.07) is 0.734. The van der Waals surface area contributed by atoms with E-state index in [1.165, 1.54) is 0 Å². The number of carbonyl (C=O) groups is 2. The van der Waals surface area contributed by atoms with Crippen LogP contribution in [0, 0.1) is 17.5 Å². The molecule has 0 spiro atoms. The smallest absolute Gasteiger partial charge is 0.313 e. The van der Waals surface area contributed by atoms with E-state index in [4.69, 9.17) is 0 Å². The van der Waals surface area contributed by atoms with Crippen LogP contribution >= 0.6 is 0 Å². The number of amides is 2. The minimum atomic E-state index is -3.30. The van der Waals surface area contributed by atoms with Gasteiger partial charge in [0.2, 0.25) is 0 Å². The van der Waals surface area contributed by atoms with Crippen LogP contribution in [0.25, 0.3) is 0 Å². The predicted molar refractivity (Wildman–Crippen MR) is 92.3 cm³/mol. The molecular weight excluding hydrogens is 387 g/mol. The molecule has 7 nitrogen and oxygen atoms in total. The van der Waals surface area contributed by atoms with E-state index in [1.807, 2.05) is 5.32 Å². The first-order valence-corrected chi connectivity index (χ1v) is 9.94. The number of hydrogen-bond donors (Lipinski definition) is 1. The number of sulfone groups is 1. The largest absolute Gasteiger partial charge is 0.329 e. The maximum Gasteiger partial charge on any atom is 0.313 e. The van der Waals surface area contributed by atoms with Crippen molar-refractivity contribution < 1.29 is 31.2 Å². The standard InChI is InChI=1S/C16H20F3N3O4S/c1-21(2)6-7-22(10-5-8-27(25,26)9-10)16(24)15(23)20-12-4-3-11(17)13(18)14(12)19/h3-4,10H,5-9H2,1-2H3,(H,20,23). The molecule has 1 aliphatic heterocycles. The maximum absolute atomic E-state index is 13.7. The summed E-state index contributed by atoms with van der Waals surface area (Å²) < 4.78 is 63.4. The van der Waals surface area contributed by atoms with Crippen LogP contribution in [0.2, 0.25) is 0 Å². The lowest BCUT2D eigenvalue weighted by molar-refractivity contribution is -0.144. The van der Waals surface area contributed by atoms with Crippen molar-refractivity contribution in [3.63, 3.8) is 0 Å². The molecule has 1 unspecified atom stereocenters. The Kier molecular flexibility index (Phi) is 6.47. The highest BCUT2D eigenvalue weighted by atomic mass is 32.2. The maximum atomic E-state index is 13.7. The summed E-state index contributed by atoms with van der Waals surface area (Å²) >= 11 is 0. The van der Waals surface area contributed by atoms with E-state index in [0.29, 0.717) is 12.6 Å². The molecule has 1 heterocycles. The molecule has 0 aromatic heterocycles. The molecule has 0 radical (unpaired) electrons. The first-order chi connectivity index (χ1) is 12.5. The molecule has 150 valence electrons. The summed E-state index contributed by atoms with van der Waals surface area (Å²) in [5.41, 5.74) is -0.682. The van der Waals surface area contributed by atoms with Crippen molar-refractivity contribution in [2.45, 2.75) is 12.5 Å². The molecule has 2 amide bonds. The Morgan fingerprint density at radius 1 is 1.15 bits per heavy atom. The molecule has 0 aliphatic carbocycles. The lowest BCUT2D eigenvalue weighted by Crippen LogP contribution is -2.49. The predicted octanol–water partition coefficient (Wildman–Crippen LogP) is 0.620. The van der Waals surface area contributed by atoms with Gasteiger partial charge < -0.3 is 15.1 Å². The Hall–Kier alpha value is -2.14. The van der Waals surface area contributed by atoms with Gasteiger partial charge in [0.1, 0.15) is 0 Å². The zero-order chi connectivity index (χ0) is 20.4. The molecule has 2 rings (SSSR count). The topological polar surface area (TPSA) is 86.8 Å². The van der Waals surface area contributed by atoms with Gasteiger partial charge in [-0.2, -0.15) is 0 Å². The van der Waals surface area contributed by atoms with Crippen molar-refractivity contribution >= 4 is 27.3 Å². The van der Waals surface area contributed by atoms with Gasteiger partial charge in [0.15, 0.2) is 27.3 Å². The Morgan fingerprint density at radius 3 is 2.37 bits per heavy atom. The fourth-order valence-electron chi connectivity index (χ4n) is 2.71. The van der Waals surface area contributed by atoms with Gasteiger partial charge in [0, 0.05) is 19.1 Å². The van der Waals surface area contributed by atoms with Gasteiger partial charge in [-0.15, -0.1) is 0 Å². The van der Waals surface area contributed by atoms with Crippen LogP contribution in [-0.2, 0) is 19.4 Å². The average molecular weight is 407 g/mol. The minimum absolute atomic E-state index is 0.0830. The molecule has 0 bridgehead atoms. The highest BCUT2D eigenvalue weighted by Crippen LogP contribution is 2.21. The van der Waals surface area contributed by atoms with Gasteiger partial charge in [0.25, 0.3) is 0 Å². The summed E-state index contributed by atoms with van der Waals surface area (Å²) in [6.45, 7) is 0.453. The summed E-state index contributed by atoms with van der Waals surface area (Å²) in [7, 11) is 0.177. The molecule has 27 heavy (non-hydrogen) atoms. The molecule has 11 heteroatoms. The number of nitrogens with zero attached hydrogens (tertiary/aromatic N) is 2. The molecule has 1 saturated heterocycles. The summed E-state index contributed by atoms with van der Waals surface area (Å²) in [6.07, 6.45) is 0.189. The molecule has 1 atom stereocenters. The van der Waals surface area contributed by atoms with E-state index in [1.54, 1.807) is 19.0 Å². The SMILES string of the molecule is CN(C)CCN(C(=O)C(=O)Nc1ccc(F)c(F)c1F)C1CCS(=O)(=O)C1. The highest BCUT2D eigenvalue weighted by molar-refractivity contribution is 7.91. The Morgan fingerprint density at radius 2 is 1.81 bits per heavy atom. The zero-order valence-electron chi connectivity index (χ0n) is 14.8. The van der Waals surface area contributed by atoms with E-state index in [2.05, 4.69) is 0 Å². The summed E-state index contributed by atoms with van der Waals surface area (Å²) in [5, 5.41) is 1.92. The number of anilines is 1. The van der Waals surface area contributed by atoms with Crippen molar-refractivity contribution in [1.29, 1.82) is 0 Å². The van der Waals surface area contributed by atoms with Crippen LogP contribution in [-0.4, -0.2) is 74.8 Å². The monoisotopic (exact) mass is 407 g/mol. The van der Waals surface area contributed by atoms with E-state index >= 15 is 0 Å². The lowest BCUT2D eigenvalue weighted by Gasteiger charge is -2.28. The van der Waals surface area contributed by atoms with Gasteiger partial charge >= 0.3 is 11.8 Å². The number of carbonyl (C=O) groups excluding carboxylic acids is 2. The van der Waals surface area contributed by atoms with Gasteiger partial charge in [-0.1, -0.05) is 0 Å². The lowest BCUT2D eigenvalue weighted by atomic mass is 10.2. The fourth-order valence-corrected chi connectivity index (χ4v) is 4.44. The average Bonchev–Trinajstić information content (AvgIpc) is 2.94. The zero-order valence-corrected chi connectivity index (χ0v) is 15.7. The van der Waals surface area contributed by atoms with Crippen LogP contribution in [0.5, 0.6) is 0 Å². The number of rotatable bonds is 5. The summed E-state index contributed by atoms with van der Waals surface area (Å²) in [5.74, 6) is -7.51. The van der Waals surface area contributed by atoms with E-state index in [9.17, 15) is 31.2 Å². The second-order valence-corrected chi connectivity index (χ2v) is 8.76. The van der Waals surface area contributed by atoms with Crippen LogP contribution in [0.3, 0.4) is 0 Å². The van der Waals surface area contributed by atoms with Gasteiger partial charge in [-0.25, -0.2) is 21.6 Å². The van der Waals surface area contributed by atoms with Gasteiger partial charge in [-0.3, -0.25) is 9.59 Å². The van der Waals surface area contributed by atoms with Crippen LogP contribution < -0.4 is 5.32 Å². The molecule has 1 aliphatic rings. The molecule has 1 aromatic rings. The van der Waals surface area contributed by atoms with Gasteiger partial charge in [0.05, 0.1) is 17.2 Å². The molecular formula is C16H20F3N3O4S. The Labute approximate surface area is 155 Å². The molecule has 1 aromatic carbocycles. The highest BCUT2D eigenvalue weighted by Gasteiger charge is 2.36. The normalized spacial score (nSPS) is 18.5. The number of benzene rings is 1. The third-order valence-electron chi connectivity index (χ3n) is 4.18. The van der Waals surface area contributed by atoms with Crippen molar-refractivity contribution in [3.8, 4) is 0 Å². The van der Waals surface area contributed by atoms with E-state index in [-0.39, 0.29) is 24.5 Å².